The number of H-pyrrole nitrogens is 1. The Kier molecular flexibility index (Phi) is 4.35. The van der Waals surface area contributed by atoms with E-state index in [-0.39, 0.29) is 11.4 Å². The van der Waals surface area contributed by atoms with Crippen molar-refractivity contribution in [3.63, 3.8) is 0 Å². The van der Waals surface area contributed by atoms with Crippen molar-refractivity contribution in [1.29, 1.82) is 0 Å². The van der Waals surface area contributed by atoms with Gasteiger partial charge in [0.15, 0.2) is 0 Å². The summed E-state index contributed by atoms with van der Waals surface area (Å²) in [5.74, 6) is 0.373. The van der Waals surface area contributed by atoms with Gasteiger partial charge in [-0.15, -0.1) is 0 Å². The fourth-order valence-corrected chi connectivity index (χ4v) is 3.33. The lowest BCUT2D eigenvalue weighted by Gasteiger charge is -2.30. The summed E-state index contributed by atoms with van der Waals surface area (Å²) >= 11 is 0. The van der Waals surface area contributed by atoms with Gasteiger partial charge < -0.3 is 10.7 Å². The van der Waals surface area contributed by atoms with E-state index >= 15 is 0 Å². The molecule has 0 saturated carbocycles. The Hall–Kier alpha value is -0.850. The van der Waals surface area contributed by atoms with Gasteiger partial charge in [-0.05, 0) is 25.3 Å². The number of aromatic nitrogens is 1. The van der Waals surface area contributed by atoms with Crippen LogP contribution in [0.1, 0.15) is 27.2 Å². The average Bonchev–Trinajstić information content (AvgIpc) is 2.68. The molecule has 0 aliphatic heterocycles. The molecule has 0 bridgehead atoms. The number of nitrogens with one attached hydrogen (secondary N) is 2. The summed E-state index contributed by atoms with van der Waals surface area (Å²) in [5.41, 5.74) is 5.07. The second-order valence-corrected chi connectivity index (χ2v) is 6.70. The van der Waals surface area contributed by atoms with Gasteiger partial charge in [0.25, 0.3) is 0 Å². The van der Waals surface area contributed by atoms with Crippen molar-refractivity contribution >= 4 is 10.0 Å². The molecule has 1 heterocycles. The topological polar surface area (TPSA) is 88.0 Å². The highest BCUT2D eigenvalue weighted by atomic mass is 32.2. The highest BCUT2D eigenvalue weighted by Crippen LogP contribution is 2.19. The van der Waals surface area contributed by atoms with Crippen LogP contribution in [0.5, 0.6) is 0 Å². The molecule has 0 aliphatic carbocycles. The summed E-state index contributed by atoms with van der Waals surface area (Å²) in [6.07, 6.45) is 3.73. The quantitative estimate of drug-likeness (QED) is 0.713. The monoisotopic (exact) mass is 259 g/mol. The van der Waals surface area contributed by atoms with E-state index in [1.165, 1.54) is 12.3 Å². The molecule has 1 atom stereocenters. The van der Waals surface area contributed by atoms with Crippen molar-refractivity contribution < 1.29 is 8.42 Å². The third-order valence-electron chi connectivity index (χ3n) is 2.57. The highest BCUT2D eigenvalue weighted by Gasteiger charge is 2.30. The predicted octanol–water partition coefficient (Wildman–Crippen LogP) is 1.06. The summed E-state index contributed by atoms with van der Waals surface area (Å²) in [4.78, 5) is 2.97. The number of nitrogens with two attached hydrogens (primary N) is 1. The first-order valence-corrected chi connectivity index (χ1v) is 7.14. The zero-order valence-electron chi connectivity index (χ0n) is 10.5. The molecule has 17 heavy (non-hydrogen) atoms. The molecule has 5 nitrogen and oxygen atoms in total. The molecule has 1 unspecified atom stereocenters. The van der Waals surface area contributed by atoms with Crippen LogP contribution in [0.4, 0.5) is 0 Å². The van der Waals surface area contributed by atoms with Gasteiger partial charge in [0.1, 0.15) is 0 Å². The summed E-state index contributed by atoms with van der Waals surface area (Å²) < 4.78 is 26.8. The first-order valence-electron chi connectivity index (χ1n) is 5.66. The zero-order valence-corrected chi connectivity index (χ0v) is 11.3. The van der Waals surface area contributed by atoms with Gasteiger partial charge in [-0.1, -0.05) is 13.8 Å². The zero-order chi connectivity index (χ0) is 13.1. The van der Waals surface area contributed by atoms with Crippen LogP contribution >= 0.6 is 0 Å². The van der Waals surface area contributed by atoms with Gasteiger partial charge in [0.2, 0.25) is 10.0 Å². The average molecular weight is 259 g/mol. The highest BCUT2D eigenvalue weighted by molar-refractivity contribution is 7.89. The lowest BCUT2D eigenvalue weighted by atomic mass is 9.92. The molecule has 98 valence electrons. The molecule has 0 aromatic carbocycles. The van der Waals surface area contributed by atoms with E-state index in [9.17, 15) is 8.42 Å². The SMILES string of the molecule is CC(C)CC(C)(CN)NS(=O)(=O)c1cc[nH]c1. The molecule has 0 radical (unpaired) electrons. The smallest absolute Gasteiger partial charge is 0.242 e. The molecule has 0 aliphatic rings. The number of aromatic amines is 1. The molecule has 0 saturated heterocycles. The second-order valence-electron chi connectivity index (χ2n) is 5.01. The van der Waals surface area contributed by atoms with Crippen molar-refractivity contribution in [2.45, 2.75) is 37.6 Å². The summed E-state index contributed by atoms with van der Waals surface area (Å²) in [6.45, 7) is 6.18. The third-order valence-corrected chi connectivity index (χ3v) is 4.21. The largest absolute Gasteiger partial charge is 0.366 e. The minimum Gasteiger partial charge on any atom is -0.366 e. The van der Waals surface area contributed by atoms with Gasteiger partial charge in [0.05, 0.1) is 4.90 Å². The van der Waals surface area contributed by atoms with Crippen molar-refractivity contribution in [3.8, 4) is 0 Å². The first-order chi connectivity index (χ1) is 7.79. The molecule has 4 N–H and O–H groups in total. The van der Waals surface area contributed by atoms with Crippen molar-refractivity contribution in [1.82, 2.24) is 9.71 Å². The van der Waals surface area contributed by atoms with E-state index in [1.807, 2.05) is 20.8 Å². The summed E-state index contributed by atoms with van der Waals surface area (Å²) in [7, 11) is -3.49. The molecule has 1 aromatic heterocycles. The summed E-state index contributed by atoms with van der Waals surface area (Å²) in [6, 6.07) is 1.52. The minimum absolute atomic E-state index is 0.237. The van der Waals surface area contributed by atoms with Gasteiger partial charge in [-0.2, -0.15) is 0 Å². The Morgan fingerprint density at radius 1 is 1.53 bits per heavy atom. The molecule has 6 heteroatoms. The van der Waals surface area contributed by atoms with Crippen molar-refractivity contribution in [2.24, 2.45) is 11.7 Å². The molecular weight excluding hydrogens is 238 g/mol. The lowest BCUT2D eigenvalue weighted by molar-refractivity contribution is 0.344. The second kappa shape index (κ2) is 5.20. The Bertz CT molecular complexity index is 439. The normalized spacial score (nSPS) is 16.1. The van der Waals surface area contributed by atoms with Crippen molar-refractivity contribution in [3.05, 3.63) is 18.5 Å². The van der Waals surface area contributed by atoms with Crippen LogP contribution in [0.25, 0.3) is 0 Å². The van der Waals surface area contributed by atoms with Crippen LogP contribution in [0.3, 0.4) is 0 Å². The van der Waals surface area contributed by atoms with Crippen LogP contribution in [0.15, 0.2) is 23.4 Å². The number of rotatable bonds is 6. The minimum atomic E-state index is -3.49. The van der Waals surface area contributed by atoms with Gasteiger partial charge >= 0.3 is 0 Å². The fraction of sp³-hybridized carbons (Fsp3) is 0.636. The molecule has 0 spiro atoms. The van der Waals surface area contributed by atoms with E-state index in [0.29, 0.717) is 12.3 Å². The van der Waals surface area contributed by atoms with E-state index < -0.39 is 15.6 Å². The van der Waals surface area contributed by atoms with E-state index in [2.05, 4.69) is 9.71 Å². The van der Waals surface area contributed by atoms with Gasteiger partial charge in [-0.3, -0.25) is 0 Å². The Balaban J connectivity index is 2.88. The fourth-order valence-electron chi connectivity index (χ4n) is 1.93. The molecular formula is C11H21N3O2S. The van der Waals surface area contributed by atoms with Crippen LogP contribution in [0, 0.1) is 5.92 Å². The molecule has 1 rings (SSSR count). The van der Waals surface area contributed by atoms with E-state index in [4.69, 9.17) is 5.73 Å². The Morgan fingerprint density at radius 2 is 2.18 bits per heavy atom. The van der Waals surface area contributed by atoms with Crippen molar-refractivity contribution in [2.75, 3.05) is 6.54 Å². The Labute approximate surface area is 103 Å². The third kappa shape index (κ3) is 3.83. The summed E-state index contributed by atoms with van der Waals surface area (Å²) in [5, 5.41) is 0. The van der Waals surface area contributed by atoms with Crippen LogP contribution in [-0.4, -0.2) is 25.5 Å². The van der Waals surface area contributed by atoms with Crippen LogP contribution < -0.4 is 10.5 Å². The van der Waals surface area contributed by atoms with E-state index in [1.54, 1.807) is 6.20 Å². The maximum absolute atomic E-state index is 12.1. The number of sulfonamides is 1. The molecule has 0 fully saturated rings. The maximum Gasteiger partial charge on any atom is 0.242 e. The number of hydrogen-bond acceptors (Lipinski definition) is 3. The Morgan fingerprint density at radius 3 is 2.59 bits per heavy atom. The molecule has 0 amide bonds. The standard InChI is InChI=1S/C11H21N3O2S/c1-9(2)6-11(3,8-12)14-17(15,16)10-4-5-13-7-10/h4-5,7,9,13-14H,6,8,12H2,1-3H3. The van der Waals surface area contributed by atoms with E-state index in [0.717, 1.165) is 0 Å². The van der Waals surface area contributed by atoms with Gasteiger partial charge in [-0.25, -0.2) is 13.1 Å². The van der Waals surface area contributed by atoms with Crippen LogP contribution in [0.2, 0.25) is 0 Å². The predicted molar refractivity (Wildman–Crippen MR) is 68.0 cm³/mol. The molecule has 1 aromatic rings. The van der Waals surface area contributed by atoms with Gasteiger partial charge in [0, 0.05) is 24.5 Å². The maximum atomic E-state index is 12.1. The van der Waals surface area contributed by atoms with Crippen LogP contribution in [-0.2, 0) is 10.0 Å². The lowest BCUT2D eigenvalue weighted by Crippen LogP contribution is -2.51. The number of hydrogen-bond donors (Lipinski definition) is 3. The first kappa shape index (κ1) is 14.2.